The fraction of sp³-hybridized carbons (Fsp3) is 0.600. The number of Topliss-reactive ketones (excluding diaryl/α,β-unsaturated/α-hetero) is 1. The summed E-state index contributed by atoms with van der Waals surface area (Å²) in [4.78, 5) is 20.5. The minimum Gasteiger partial charge on any atom is -0.330 e. The summed E-state index contributed by atoms with van der Waals surface area (Å²) in [5, 5.41) is 2.00. The van der Waals surface area contributed by atoms with Crippen LogP contribution in [0.25, 0.3) is 0 Å². The molecule has 1 atom stereocenters. The predicted molar refractivity (Wildman–Crippen MR) is 101 cm³/mol. The summed E-state index contributed by atoms with van der Waals surface area (Å²) in [5.74, 6) is 0.485. The number of hydrogen-bond acceptors (Lipinski definition) is 4. The van der Waals surface area contributed by atoms with Gasteiger partial charge in [-0.05, 0) is 43.7 Å². The molecule has 1 saturated carbocycles. The molecule has 0 bridgehead atoms. The molecule has 1 aliphatic heterocycles. The Hall–Kier alpha value is -1.46. The first-order valence-electron chi connectivity index (χ1n) is 9.62. The second-order valence-electron chi connectivity index (χ2n) is 7.50. The van der Waals surface area contributed by atoms with Crippen LogP contribution in [0.4, 0.5) is 0 Å². The number of nitrogens with zero attached hydrogens (tertiary/aromatic N) is 3. The maximum Gasteiger partial charge on any atom is 0.177 e. The molecule has 2 aromatic rings. The van der Waals surface area contributed by atoms with E-state index in [1.165, 1.54) is 37.8 Å². The van der Waals surface area contributed by atoms with Crippen molar-refractivity contribution in [2.24, 2.45) is 5.92 Å². The van der Waals surface area contributed by atoms with E-state index in [1.54, 1.807) is 11.3 Å². The molecule has 2 fully saturated rings. The number of hydrogen-bond donors (Lipinski definition) is 0. The maximum atomic E-state index is 12.7. The highest BCUT2D eigenvalue weighted by molar-refractivity contribution is 7.12. The van der Waals surface area contributed by atoms with Crippen LogP contribution in [0, 0.1) is 5.92 Å². The Balaban J connectivity index is 1.41. The van der Waals surface area contributed by atoms with Crippen molar-refractivity contribution in [2.45, 2.75) is 57.5 Å². The van der Waals surface area contributed by atoms with Crippen LogP contribution in [-0.2, 0) is 6.54 Å². The first-order valence-corrected chi connectivity index (χ1v) is 10.5. The van der Waals surface area contributed by atoms with Crippen molar-refractivity contribution in [3.05, 3.63) is 40.6 Å². The number of piperidine rings is 1. The van der Waals surface area contributed by atoms with Crippen molar-refractivity contribution in [3.8, 4) is 0 Å². The van der Waals surface area contributed by atoms with Crippen LogP contribution in [0.15, 0.2) is 30.0 Å². The van der Waals surface area contributed by atoms with E-state index in [2.05, 4.69) is 14.5 Å². The fourth-order valence-corrected chi connectivity index (χ4v) is 5.15. The molecule has 1 unspecified atom stereocenters. The van der Waals surface area contributed by atoms with E-state index in [0.29, 0.717) is 11.8 Å². The Morgan fingerprint density at radius 3 is 2.88 bits per heavy atom. The molecule has 1 saturated heterocycles. The second kappa shape index (κ2) is 7.83. The zero-order chi connectivity index (χ0) is 17.1. The van der Waals surface area contributed by atoms with Gasteiger partial charge in [-0.1, -0.05) is 25.3 Å². The molecule has 0 radical (unpaired) electrons. The standard InChI is InChI=1S/C20H27N3OS/c24-20(19-9-5-11-25-19)16-6-4-10-22(13-16)14-18-12-21-15-23(18)17-7-2-1-3-8-17/h5,9,11-12,15-17H,1-4,6-8,10,13-14H2. The molecule has 0 spiro atoms. The summed E-state index contributed by atoms with van der Waals surface area (Å²) < 4.78 is 2.41. The van der Waals surface area contributed by atoms with Crippen molar-refractivity contribution >= 4 is 17.1 Å². The van der Waals surface area contributed by atoms with E-state index < -0.39 is 0 Å². The third-order valence-corrected chi connectivity index (χ3v) is 6.62. The van der Waals surface area contributed by atoms with E-state index in [0.717, 1.165) is 37.4 Å². The lowest BCUT2D eigenvalue weighted by Gasteiger charge is -2.33. The van der Waals surface area contributed by atoms with Crippen LogP contribution in [0.1, 0.15) is 66.4 Å². The SMILES string of the molecule is O=C(c1cccs1)C1CCCN(Cc2cncn2C2CCCCC2)C1. The largest absolute Gasteiger partial charge is 0.330 e. The molecule has 25 heavy (non-hydrogen) atoms. The number of aromatic nitrogens is 2. The minimum absolute atomic E-state index is 0.151. The number of carbonyl (C=O) groups excluding carboxylic acids is 1. The summed E-state index contributed by atoms with van der Waals surface area (Å²) >= 11 is 1.57. The average Bonchev–Trinajstić information content (AvgIpc) is 3.34. The zero-order valence-corrected chi connectivity index (χ0v) is 15.6. The molecule has 0 amide bonds. The fourth-order valence-electron chi connectivity index (χ4n) is 4.40. The van der Waals surface area contributed by atoms with Gasteiger partial charge in [0.2, 0.25) is 0 Å². The van der Waals surface area contributed by atoms with E-state index in [9.17, 15) is 4.79 Å². The van der Waals surface area contributed by atoms with E-state index >= 15 is 0 Å². The third kappa shape index (κ3) is 3.87. The van der Waals surface area contributed by atoms with Gasteiger partial charge in [0.15, 0.2) is 5.78 Å². The highest BCUT2D eigenvalue weighted by atomic mass is 32.1. The topological polar surface area (TPSA) is 38.1 Å². The Bertz CT molecular complexity index is 688. The monoisotopic (exact) mass is 357 g/mol. The molecule has 134 valence electrons. The van der Waals surface area contributed by atoms with E-state index in [4.69, 9.17) is 0 Å². The maximum absolute atomic E-state index is 12.7. The summed E-state index contributed by atoms with van der Waals surface area (Å²) in [6, 6.07) is 4.56. The second-order valence-corrected chi connectivity index (χ2v) is 8.45. The van der Waals surface area contributed by atoms with Crippen LogP contribution in [-0.4, -0.2) is 33.3 Å². The lowest BCUT2D eigenvalue weighted by atomic mass is 9.92. The van der Waals surface area contributed by atoms with Crippen molar-refractivity contribution in [2.75, 3.05) is 13.1 Å². The van der Waals surface area contributed by atoms with Gasteiger partial charge in [-0.3, -0.25) is 9.69 Å². The Morgan fingerprint density at radius 2 is 2.08 bits per heavy atom. The van der Waals surface area contributed by atoms with Gasteiger partial charge in [0.05, 0.1) is 16.9 Å². The summed E-state index contributed by atoms with van der Waals surface area (Å²) in [5.41, 5.74) is 1.32. The van der Waals surface area contributed by atoms with Crippen LogP contribution in [0.2, 0.25) is 0 Å². The molecule has 0 aromatic carbocycles. The molecule has 2 aliphatic rings. The minimum atomic E-state index is 0.151. The summed E-state index contributed by atoms with van der Waals surface area (Å²) in [6.07, 6.45) is 12.8. The van der Waals surface area contributed by atoms with Gasteiger partial charge in [-0.15, -0.1) is 11.3 Å². The molecule has 4 rings (SSSR count). The van der Waals surface area contributed by atoms with Gasteiger partial charge < -0.3 is 4.57 Å². The number of imidazole rings is 1. The molecular formula is C20H27N3OS. The first-order chi connectivity index (χ1) is 12.3. The zero-order valence-electron chi connectivity index (χ0n) is 14.8. The van der Waals surface area contributed by atoms with Gasteiger partial charge in [0.25, 0.3) is 0 Å². The van der Waals surface area contributed by atoms with Crippen molar-refractivity contribution in [3.63, 3.8) is 0 Å². The quantitative estimate of drug-likeness (QED) is 0.737. The molecule has 4 nitrogen and oxygen atoms in total. The molecule has 3 heterocycles. The number of rotatable bonds is 5. The number of ketones is 1. The van der Waals surface area contributed by atoms with Crippen LogP contribution >= 0.6 is 11.3 Å². The Morgan fingerprint density at radius 1 is 1.20 bits per heavy atom. The Kier molecular flexibility index (Phi) is 5.32. The van der Waals surface area contributed by atoms with Crippen molar-refractivity contribution in [1.29, 1.82) is 0 Å². The molecule has 2 aromatic heterocycles. The third-order valence-electron chi connectivity index (χ3n) is 5.74. The highest BCUT2D eigenvalue weighted by Crippen LogP contribution is 2.30. The number of likely N-dealkylation sites (tertiary alicyclic amines) is 1. The molecular weight excluding hydrogens is 330 g/mol. The van der Waals surface area contributed by atoms with Crippen molar-refractivity contribution in [1.82, 2.24) is 14.5 Å². The Labute approximate surface area is 153 Å². The normalized spacial score (nSPS) is 23.0. The number of thiophene rings is 1. The smallest absolute Gasteiger partial charge is 0.177 e. The van der Waals surface area contributed by atoms with E-state index in [1.807, 2.05) is 30.0 Å². The molecule has 5 heteroatoms. The molecule has 1 aliphatic carbocycles. The van der Waals surface area contributed by atoms with Gasteiger partial charge in [-0.2, -0.15) is 0 Å². The van der Waals surface area contributed by atoms with Gasteiger partial charge in [0.1, 0.15) is 0 Å². The average molecular weight is 358 g/mol. The first kappa shape index (κ1) is 17.0. The lowest BCUT2D eigenvalue weighted by Crippen LogP contribution is -2.38. The predicted octanol–water partition coefficient (Wildman–Crippen LogP) is 4.54. The van der Waals surface area contributed by atoms with Gasteiger partial charge in [0, 0.05) is 31.2 Å². The van der Waals surface area contributed by atoms with Crippen LogP contribution < -0.4 is 0 Å². The van der Waals surface area contributed by atoms with Crippen LogP contribution in [0.3, 0.4) is 0 Å². The van der Waals surface area contributed by atoms with E-state index in [-0.39, 0.29) is 5.92 Å². The van der Waals surface area contributed by atoms with Crippen molar-refractivity contribution < 1.29 is 4.79 Å². The van der Waals surface area contributed by atoms with Gasteiger partial charge >= 0.3 is 0 Å². The van der Waals surface area contributed by atoms with Crippen LogP contribution in [0.5, 0.6) is 0 Å². The summed E-state index contributed by atoms with van der Waals surface area (Å²) in [6.45, 7) is 2.89. The molecule has 0 N–H and O–H groups in total. The lowest BCUT2D eigenvalue weighted by molar-refractivity contribution is 0.0812. The summed E-state index contributed by atoms with van der Waals surface area (Å²) in [7, 11) is 0. The number of carbonyl (C=O) groups is 1. The van der Waals surface area contributed by atoms with Gasteiger partial charge in [-0.25, -0.2) is 4.98 Å². The highest BCUT2D eigenvalue weighted by Gasteiger charge is 2.28.